The van der Waals surface area contributed by atoms with Crippen LogP contribution in [0.3, 0.4) is 0 Å². The highest BCUT2D eigenvalue weighted by molar-refractivity contribution is 5.66. The first-order chi connectivity index (χ1) is 13.0. The summed E-state index contributed by atoms with van der Waals surface area (Å²) in [5.41, 5.74) is -1.46. The quantitative estimate of drug-likeness (QED) is 0.434. The van der Waals surface area contributed by atoms with Gasteiger partial charge in [-0.25, -0.2) is 0 Å². The molecule has 4 fully saturated rings. The Morgan fingerprint density at radius 2 is 2.04 bits per heavy atom. The number of carbonyl (C=O) groups is 1. The minimum Gasteiger partial charge on any atom is -0.462 e. The number of hydrogen-bond acceptors (Lipinski definition) is 6. The molecule has 0 bridgehead atoms. The smallest absolute Gasteiger partial charge is 0.302 e. The summed E-state index contributed by atoms with van der Waals surface area (Å²) >= 11 is 0. The van der Waals surface area contributed by atoms with Gasteiger partial charge in [0, 0.05) is 31.1 Å². The van der Waals surface area contributed by atoms with Crippen LogP contribution in [0.5, 0.6) is 0 Å². The summed E-state index contributed by atoms with van der Waals surface area (Å²) in [5, 5.41) is 21.0. The number of rotatable bonds is 3. The Hall–Kier alpha value is -0.950. The van der Waals surface area contributed by atoms with Crippen molar-refractivity contribution in [2.75, 3.05) is 6.61 Å². The molecule has 1 spiro atoms. The molecule has 6 heteroatoms. The van der Waals surface area contributed by atoms with Gasteiger partial charge in [-0.15, -0.1) is 0 Å². The fourth-order valence-corrected chi connectivity index (χ4v) is 6.31. The second-order valence-corrected chi connectivity index (χ2v) is 10.2. The second kappa shape index (κ2) is 6.27. The van der Waals surface area contributed by atoms with Gasteiger partial charge in [-0.3, -0.25) is 4.79 Å². The zero-order valence-corrected chi connectivity index (χ0v) is 17.5. The van der Waals surface area contributed by atoms with Crippen molar-refractivity contribution in [2.24, 2.45) is 11.3 Å². The Morgan fingerprint density at radius 1 is 1.32 bits per heavy atom. The van der Waals surface area contributed by atoms with Crippen molar-refractivity contribution >= 4 is 5.97 Å². The van der Waals surface area contributed by atoms with Crippen LogP contribution in [0.1, 0.15) is 66.2 Å². The van der Waals surface area contributed by atoms with Gasteiger partial charge in [-0.2, -0.15) is 0 Å². The molecule has 0 aromatic rings. The Balaban J connectivity index is 1.75. The molecule has 0 aromatic heterocycles. The van der Waals surface area contributed by atoms with Crippen LogP contribution in [0, 0.1) is 11.3 Å². The van der Waals surface area contributed by atoms with Gasteiger partial charge >= 0.3 is 5.97 Å². The van der Waals surface area contributed by atoms with E-state index in [1.165, 1.54) is 6.92 Å². The van der Waals surface area contributed by atoms with Gasteiger partial charge in [0.1, 0.15) is 17.3 Å². The number of aliphatic hydroxyl groups is 2. The van der Waals surface area contributed by atoms with Gasteiger partial charge in [0.25, 0.3) is 0 Å². The lowest BCUT2D eigenvalue weighted by atomic mass is 9.65. The van der Waals surface area contributed by atoms with Crippen LogP contribution in [0.25, 0.3) is 0 Å². The number of epoxide rings is 2. The van der Waals surface area contributed by atoms with Crippen LogP contribution in [-0.2, 0) is 19.0 Å². The Labute approximate surface area is 167 Å². The van der Waals surface area contributed by atoms with E-state index >= 15 is 0 Å². The van der Waals surface area contributed by atoms with E-state index in [0.717, 1.165) is 31.3 Å². The lowest BCUT2D eigenvalue weighted by molar-refractivity contribution is -0.157. The van der Waals surface area contributed by atoms with Gasteiger partial charge in [-0.05, 0) is 39.5 Å². The number of hydrogen-bond donors (Lipinski definition) is 2. The average molecular weight is 395 g/mol. The van der Waals surface area contributed by atoms with Gasteiger partial charge in [0.05, 0.1) is 24.4 Å². The van der Waals surface area contributed by atoms with E-state index in [1.807, 2.05) is 13.8 Å². The monoisotopic (exact) mass is 394 g/mol. The van der Waals surface area contributed by atoms with Crippen molar-refractivity contribution in [1.29, 1.82) is 0 Å². The van der Waals surface area contributed by atoms with E-state index in [0.29, 0.717) is 12.8 Å². The maximum atomic E-state index is 11.9. The van der Waals surface area contributed by atoms with Crippen LogP contribution in [-0.4, -0.2) is 57.9 Å². The third kappa shape index (κ3) is 2.87. The highest BCUT2D eigenvalue weighted by atomic mass is 16.6. The zero-order chi connectivity index (χ0) is 20.5. The molecule has 0 radical (unpaired) electrons. The maximum absolute atomic E-state index is 11.9. The van der Waals surface area contributed by atoms with Gasteiger partial charge in [-0.1, -0.05) is 19.1 Å². The van der Waals surface area contributed by atoms with Crippen LogP contribution in [0.4, 0.5) is 0 Å². The first kappa shape index (κ1) is 20.3. The third-order valence-electron chi connectivity index (χ3n) is 7.93. The molecule has 2 aliphatic heterocycles. The van der Waals surface area contributed by atoms with Gasteiger partial charge in [0.2, 0.25) is 0 Å². The molecular weight excluding hydrogens is 360 g/mol. The van der Waals surface area contributed by atoms with Crippen LogP contribution < -0.4 is 0 Å². The van der Waals surface area contributed by atoms with E-state index in [-0.39, 0.29) is 36.8 Å². The number of fused-ring (bicyclic) bond motifs is 1. The minimum absolute atomic E-state index is 0.00835. The first-order valence-electron chi connectivity index (χ1n) is 10.5. The molecule has 2 N–H and O–H groups in total. The Morgan fingerprint density at radius 3 is 2.64 bits per heavy atom. The van der Waals surface area contributed by atoms with Crippen molar-refractivity contribution in [3.8, 4) is 0 Å². The number of ether oxygens (including phenoxy) is 3. The largest absolute Gasteiger partial charge is 0.462 e. The molecule has 28 heavy (non-hydrogen) atoms. The van der Waals surface area contributed by atoms with E-state index in [2.05, 4.69) is 13.5 Å². The Kier molecular flexibility index (Phi) is 4.55. The van der Waals surface area contributed by atoms with E-state index < -0.39 is 22.2 Å². The summed E-state index contributed by atoms with van der Waals surface area (Å²) in [7, 11) is 0. The minimum atomic E-state index is -0.916. The summed E-state index contributed by atoms with van der Waals surface area (Å²) in [5.74, 6) is -0.374. The third-order valence-corrected chi connectivity index (χ3v) is 7.93. The molecule has 6 nitrogen and oxygen atoms in total. The second-order valence-electron chi connectivity index (χ2n) is 10.2. The molecule has 4 rings (SSSR count). The van der Waals surface area contributed by atoms with Crippen molar-refractivity contribution in [3.63, 3.8) is 0 Å². The number of esters is 1. The highest BCUT2D eigenvalue weighted by Crippen LogP contribution is 2.70. The van der Waals surface area contributed by atoms with Gasteiger partial charge < -0.3 is 24.4 Å². The van der Waals surface area contributed by atoms with Gasteiger partial charge in [0.15, 0.2) is 0 Å². The van der Waals surface area contributed by atoms with Crippen molar-refractivity contribution in [2.45, 2.75) is 101 Å². The van der Waals surface area contributed by atoms with Crippen molar-refractivity contribution < 1.29 is 29.2 Å². The normalized spacial score (nSPS) is 48.0. The summed E-state index contributed by atoms with van der Waals surface area (Å²) < 4.78 is 18.2. The molecule has 2 heterocycles. The molecule has 7 atom stereocenters. The van der Waals surface area contributed by atoms with Crippen LogP contribution >= 0.6 is 0 Å². The predicted octanol–water partition coefficient (Wildman–Crippen LogP) is 2.50. The topological polar surface area (TPSA) is 91.8 Å². The highest BCUT2D eigenvalue weighted by Gasteiger charge is 2.79. The zero-order valence-electron chi connectivity index (χ0n) is 17.5. The molecule has 2 aliphatic carbocycles. The average Bonchev–Trinajstić information content (AvgIpc) is 3.43. The van der Waals surface area contributed by atoms with Crippen molar-refractivity contribution in [1.82, 2.24) is 0 Å². The Bertz CT molecular complexity index is 683. The molecule has 2 saturated carbocycles. The molecule has 0 amide bonds. The predicted molar refractivity (Wildman–Crippen MR) is 103 cm³/mol. The molecule has 0 aromatic carbocycles. The summed E-state index contributed by atoms with van der Waals surface area (Å²) in [6, 6.07) is 0. The maximum Gasteiger partial charge on any atom is 0.302 e. The molecule has 4 aliphatic rings. The number of aliphatic hydroxyl groups excluding tert-OH is 1. The fourth-order valence-electron chi connectivity index (χ4n) is 6.31. The van der Waals surface area contributed by atoms with E-state index in [4.69, 9.17) is 14.2 Å². The summed E-state index contributed by atoms with van der Waals surface area (Å²) in [6.07, 6.45) is 3.94. The fraction of sp³-hybridized carbons (Fsp3) is 0.864. The van der Waals surface area contributed by atoms with E-state index in [9.17, 15) is 15.0 Å². The van der Waals surface area contributed by atoms with E-state index in [1.54, 1.807) is 0 Å². The van der Waals surface area contributed by atoms with Crippen LogP contribution in [0.2, 0.25) is 0 Å². The summed E-state index contributed by atoms with van der Waals surface area (Å²) in [4.78, 5) is 11.9. The molecule has 0 unspecified atom stereocenters. The molecular formula is C22H34O6. The number of carbonyl (C=O) groups excluding carboxylic acids is 1. The summed E-state index contributed by atoms with van der Waals surface area (Å²) in [6.45, 7) is 11.4. The standard InChI is InChI=1S/C22H34O6/c1-13-6-7-16-21(12-23,27-16)11-18-22(28-18)15(19(3,4)25)8-9-20(22,5)17(10-13)26-14(2)24/h15-18,23,25H,1,6-12H2,2-5H3/t15-,16+,17+,18-,20-,21-,22-/m0/s1. The lowest BCUT2D eigenvalue weighted by Gasteiger charge is -2.41. The van der Waals surface area contributed by atoms with Crippen molar-refractivity contribution in [3.05, 3.63) is 12.2 Å². The molecule has 158 valence electrons. The SMILES string of the molecule is C=C1CC[C@H]2O[C@]2(CO)C[C@@H]2O[C@@]23[C@H](C(C)(C)O)CC[C@@]3(C)[C@H](OC(C)=O)C1. The lowest BCUT2D eigenvalue weighted by Crippen LogP contribution is -2.52. The van der Waals surface area contributed by atoms with Crippen LogP contribution in [0.15, 0.2) is 12.2 Å². The molecule has 2 saturated heterocycles. The first-order valence-corrected chi connectivity index (χ1v) is 10.5.